The van der Waals surface area contributed by atoms with Crippen LogP contribution < -0.4 is 0 Å². The van der Waals surface area contributed by atoms with Crippen LogP contribution in [0.4, 0.5) is 0 Å². The lowest BCUT2D eigenvalue weighted by molar-refractivity contribution is 0.857. The van der Waals surface area contributed by atoms with Gasteiger partial charge in [-0.25, -0.2) is 0 Å². The fourth-order valence-corrected chi connectivity index (χ4v) is 4.35. The zero-order valence-corrected chi connectivity index (χ0v) is 18.8. The third kappa shape index (κ3) is 4.36. The van der Waals surface area contributed by atoms with Gasteiger partial charge in [-0.15, -0.1) is 0 Å². The number of benzene rings is 4. The molecule has 1 aliphatic carbocycles. The molecule has 1 unspecified atom stereocenters. The van der Waals surface area contributed by atoms with Crippen LogP contribution in [0, 0.1) is 13.8 Å². The van der Waals surface area contributed by atoms with Gasteiger partial charge in [0.1, 0.15) is 0 Å². The summed E-state index contributed by atoms with van der Waals surface area (Å²) in [5.74, 6) is 0.446. The van der Waals surface area contributed by atoms with E-state index in [4.69, 9.17) is 0 Å². The predicted octanol–water partition coefficient (Wildman–Crippen LogP) is 8.76. The molecule has 0 N–H and O–H groups in total. The van der Waals surface area contributed by atoms with Gasteiger partial charge in [-0.2, -0.15) is 0 Å². The van der Waals surface area contributed by atoms with Crippen molar-refractivity contribution in [2.75, 3.05) is 0 Å². The van der Waals surface area contributed by atoms with E-state index in [1.54, 1.807) is 0 Å². The van der Waals surface area contributed by atoms with Crippen LogP contribution >= 0.6 is 0 Å². The summed E-state index contributed by atoms with van der Waals surface area (Å²) in [6.07, 6.45) is 8.04. The zero-order valence-electron chi connectivity index (χ0n) is 18.8. The van der Waals surface area contributed by atoms with E-state index < -0.39 is 0 Å². The largest absolute Gasteiger partial charge is 0.0761 e. The van der Waals surface area contributed by atoms with Gasteiger partial charge in [-0.3, -0.25) is 0 Å². The summed E-state index contributed by atoms with van der Waals surface area (Å²) in [7, 11) is 0. The summed E-state index contributed by atoms with van der Waals surface area (Å²) in [6.45, 7) is 4.26. The first kappa shape index (κ1) is 20.3. The minimum atomic E-state index is 0.446. The Balaban J connectivity index is 1.28. The Morgan fingerprint density at radius 1 is 0.500 bits per heavy atom. The second kappa shape index (κ2) is 8.85. The average Bonchev–Trinajstić information content (AvgIpc) is 2.85. The second-order valence-corrected chi connectivity index (χ2v) is 8.79. The first-order chi connectivity index (χ1) is 15.7. The molecule has 0 saturated heterocycles. The standard InChI is InChI=1S/C32H28/c1-23-3-7-25(8-4-23)27-11-15-29(16-12-27)31-19-21-32(22-20-31)30-17-13-28(14-18-30)26-9-5-24(2)6-10-26/h3-17,19-22,30H,18H2,1-2H3. The first-order valence-corrected chi connectivity index (χ1v) is 11.4. The van der Waals surface area contributed by atoms with E-state index in [9.17, 15) is 0 Å². The molecule has 0 fully saturated rings. The lowest BCUT2D eigenvalue weighted by atomic mass is 9.87. The highest BCUT2D eigenvalue weighted by molar-refractivity contribution is 5.75. The maximum Gasteiger partial charge on any atom is 0.00561 e. The number of hydrogen-bond acceptors (Lipinski definition) is 0. The topological polar surface area (TPSA) is 0 Å². The third-order valence-electron chi connectivity index (χ3n) is 6.43. The summed E-state index contributed by atoms with van der Waals surface area (Å²) in [5.41, 5.74) is 11.6. The predicted molar refractivity (Wildman–Crippen MR) is 138 cm³/mol. The van der Waals surface area contributed by atoms with Crippen LogP contribution in [-0.2, 0) is 0 Å². The molecule has 0 heteroatoms. The highest BCUT2D eigenvalue weighted by Gasteiger charge is 2.12. The van der Waals surface area contributed by atoms with Crippen LogP contribution in [0.15, 0.2) is 115 Å². The molecule has 0 spiro atoms. The van der Waals surface area contributed by atoms with E-state index in [0.717, 1.165) is 6.42 Å². The third-order valence-corrected chi connectivity index (χ3v) is 6.43. The van der Waals surface area contributed by atoms with Gasteiger partial charge < -0.3 is 0 Å². The fourth-order valence-electron chi connectivity index (χ4n) is 4.35. The molecule has 1 aliphatic rings. The van der Waals surface area contributed by atoms with Gasteiger partial charge in [0.15, 0.2) is 0 Å². The molecule has 0 heterocycles. The highest BCUT2D eigenvalue weighted by Crippen LogP contribution is 2.32. The van der Waals surface area contributed by atoms with Gasteiger partial charge in [0.2, 0.25) is 0 Å². The summed E-state index contributed by atoms with van der Waals surface area (Å²) in [5, 5.41) is 0. The van der Waals surface area contributed by atoms with E-state index in [1.807, 2.05) is 0 Å². The molecule has 0 amide bonds. The molecule has 4 aromatic carbocycles. The molecule has 0 radical (unpaired) electrons. The fraction of sp³-hybridized carbons (Fsp3) is 0.125. The van der Waals surface area contributed by atoms with E-state index in [0.29, 0.717) is 5.92 Å². The van der Waals surface area contributed by atoms with Crippen molar-refractivity contribution in [3.63, 3.8) is 0 Å². The number of rotatable bonds is 4. The Morgan fingerprint density at radius 2 is 0.906 bits per heavy atom. The minimum Gasteiger partial charge on any atom is -0.0761 e. The van der Waals surface area contributed by atoms with E-state index in [1.165, 1.54) is 50.1 Å². The molecule has 0 bridgehead atoms. The van der Waals surface area contributed by atoms with Crippen molar-refractivity contribution in [1.82, 2.24) is 0 Å². The first-order valence-electron chi connectivity index (χ1n) is 11.4. The van der Waals surface area contributed by atoms with Crippen molar-refractivity contribution in [2.45, 2.75) is 26.2 Å². The van der Waals surface area contributed by atoms with Gasteiger partial charge in [0.25, 0.3) is 0 Å². The lowest BCUT2D eigenvalue weighted by Gasteiger charge is -2.17. The molecule has 156 valence electrons. The maximum absolute atomic E-state index is 2.37. The Bertz CT molecular complexity index is 1250. The molecule has 1 atom stereocenters. The van der Waals surface area contributed by atoms with Crippen LogP contribution in [0.25, 0.3) is 27.8 Å². The zero-order chi connectivity index (χ0) is 21.9. The Hall–Kier alpha value is -3.64. The summed E-state index contributed by atoms with van der Waals surface area (Å²) in [6, 6.07) is 35.5. The number of aryl methyl sites for hydroxylation is 2. The van der Waals surface area contributed by atoms with Crippen LogP contribution in [0.2, 0.25) is 0 Å². The minimum absolute atomic E-state index is 0.446. The molecule has 0 saturated carbocycles. The number of hydrogen-bond donors (Lipinski definition) is 0. The van der Waals surface area contributed by atoms with E-state index >= 15 is 0 Å². The summed E-state index contributed by atoms with van der Waals surface area (Å²) >= 11 is 0. The van der Waals surface area contributed by atoms with Gasteiger partial charge in [0, 0.05) is 5.92 Å². The van der Waals surface area contributed by atoms with Crippen molar-refractivity contribution in [3.8, 4) is 22.3 Å². The normalized spacial score (nSPS) is 15.4. The molecule has 0 aliphatic heterocycles. The van der Waals surface area contributed by atoms with Crippen molar-refractivity contribution in [1.29, 1.82) is 0 Å². The monoisotopic (exact) mass is 412 g/mol. The van der Waals surface area contributed by atoms with Crippen molar-refractivity contribution >= 4 is 5.57 Å². The Labute approximate surface area is 191 Å². The molecule has 32 heavy (non-hydrogen) atoms. The molecule has 0 nitrogen and oxygen atoms in total. The Kier molecular flexibility index (Phi) is 5.60. The molecular weight excluding hydrogens is 384 g/mol. The van der Waals surface area contributed by atoms with Crippen LogP contribution in [0.1, 0.15) is 34.6 Å². The maximum atomic E-state index is 2.37. The van der Waals surface area contributed by atoms with Gasteiger partial charge in [-0.05, 0) is 59.2 Å². The number of allylic oxidation sites excluding steroid dienone is 4. The summed E-state index contributed by atoms with van der Waals surface area (Å²) < 4.78 is 0. The highest BCUT2D eigenvalue weighted by atomic mass is 14.2. The van der Waals surface area contributed by atoms with Crippen molar-refractivity contribution < 1.29 is 0 Å². The quantitative estimate of drug-likeness (QED) is 0.314. The molecule has 5 rings (SSSR count). The molecular formula is C32H28. The SMILES string of the molecule is Cc1ccc(C2=CCC(c3ccc(-c4ccc(-c5ccc(C)cc5)cc4)cc3)C=C2)cc1. The average molecular weight is 413 g/mol. The van der Waals surface area contributed by atoms with E-state index in [-0.39, 0.29) is 0 Å². The molecule has 0 aromatic heterocycles. The van der Waals surface area contributed by atoms with Crippen molar-refractivity contribution in [2.24, 2.45) is 0 Å². The van der Waals surface area contributed by atoms with Crippen LogP contribution in [-0.4, -0.2) is 0 Å². The second-order valence-electron chi connectivity index (χ2n) is 8.79. The summed E-state index contributed by atoms with van der Waals surface area (Å²) in [4.78, 5) is 0. The van der Waals surface area contributed by atoms with Crippen LogP contribution in [0.3, 0.4) is 0 Å². The Morgan fingerprint density at radius 3 is 1.34 bits per heavy atom. The smallest absolute Gasteiger partial charge is 0.00561 e. The van der Waals surface area contributed by atoms with Gasteiger partial charge in [0.05, 0.1) is 0 Å². The van der Waals surface area contributed by atoms with Crippen LogP contribution in [0.5, 0.6) is 0 Å². The molecule has 4 aromatic rings. The van der Waals surface area contributed by atoms with Crippen molar-refractivity contribution in [3.05, 3.63) is 138 Å². The van der Waals surface area contributed by atoms with E-state index in [2.05, 4.69) is 129 Å². The van der Waals surface area contributed by atoms with Gasteiger partial charge in [-0.1, -0.05) is 126 Å². The lowest BCUT2D eigenvalue weighted by Crippen LogP contribution is -1.98. The van der Waals surface area contributed by atoms with Gasteiger partial charge >= 0.3 is 0 Å².